The fraction of sp³-hybridized carbons (Fsp3) is 0.312. The van der Waals surface area contributed by atoms with Gasteiger partial charge >= 0.3 is 0 Å². The number of likely N-dealkylation sites (N-methyl/N-ethyl adjacent to an activating group) is 1. The summed E-state index contributed by atoms with van der Waals surface area (Å²) in [5.74, 6) is 0.354. The van der Waals surface area contributed by atoms with Crippen molar-refractivity contribution in [3.05, 3.63) is 59.0 Å². The monoisotopic (exact) mass is 273 g/mol. The van der Waals surface area contributed by atoms with Crippen LogP contribution in [0.1, 0.15) is 29.7 Å². The lowest BCUT2D eigenvalue weighted by Crippen LogP contribution is -2.23. The highest BCUT2D eigenvalue weighted by Gasteiger charge is 2.14. The Kier molecular flexibility index (Phi) is 4.69. The zero-order chi connectivity index (χ0) is 14.5. The molecule has 2 aromatic rings. The molecule has 3 nitrogen and oxygen atoms in total. The van der Waals surface area contributed by atoms with E-state index in [4.69, 9.17) is 5.73 Å². The molecule has 1 aromatic carbocycles. The summed E-state index contributed by atoms with van der Waals surface area (Å²) in [4.78, 5) is 4.09. The number of anilines is 1. The number of nitrogen functional groups attached to an aromatic ring is 1. The summed E-state index contributed by atoms with van der Waals surface area (Å²) in [5, 5.41) is 3.37. The van der Waals surface area contributed by atoms with Crippen LogP contribution < -0.4 is 11.1 Å². The standard InChI is InChI=1S/C16H20FN3/c1-3-19-15(10-13-5-4-8-20-16(13)18)12-7-6-11(2)14(17)9-12/h4-9,15,19H,3,10H2,1-2H3,(H2,18,20). The maximum atomic E-state index is 13.7. The lowest BCUT2D eigenvalue weighted by molar-refractivity contribution is 0.541. The fourth-order valence-corrected chi connectivity index (χ4v) is 2.22. The molecule has 2 rings (SSSR count). The van der Waals surface area contributed by atoms with E-state index in [2.05, 4.69) is 10.3 Å². The van der Waals surface area contributed by atoms with Crippen molar-refractivity contribution in [2.45, 2.75) is 26.3 Å². The summed E-state index contributed by atoms with van der Waals surface area (Å²) in [6.45, 7) is 4.60. The Morgan fingerprint density at radius 1 is 1.35 bits per heavy atom. The average molecular weight is 273 g/mol. The van der Waals surface area contributed by atoms with Crippen molar-refractivity contribution in [2.75, 3.05) is 12.3 Å². The molecule has 4 heteroatoms. The first-order valence-corrected chi connectivity index (χ1v) is 6.80. The van der Waals surface area contributed by atoms with Crippen molar-refractivity contribution in [1.29, 1.82) is 0 Å². The van der Waals surface area contributed by atoms with E-state index in [9.17, 15) is 4.39 Å². The minimum absolute atomic E-state index is 0.0293. The van der Waals surface area contributed by atoms with Gasteiger partial charge in [0.1, 0.15) is 11.6 Å². The second-order valence-corrected chi connectivity index (χ2v) is 4.87. The van der Waals surface area contributed by atoms with Gasteiger partial charge in [-0.05, 0) is 48.7 Å². The van der Waals surface area contributed by atoms with E-state index in [-0.39, 0.29) is 11.9 Å². The molecule has 0 saturated heterocycles. The molecule has 0 spiro atoms. The van der Waals surface area contributed by atoms with Crippen LogP contribution in [0.5, 0.6) is 0 Å². The number of benzene rings is 1. The Balaban J connectivity index is 2.27. The van der Waals surface area contributed by atoms with Crippen molar-refractivity contribution in [1.82, 2.24) is 10.3 Å². The molecule has 0 aliphatic rings. The Hall–Kier alpha value is -1.94. The van der Waals surface area contributed by atoms with Gasteiger partial charge in [0.05, 0.1) is 0 Å². The predicted octanol–water partition coefficient (Wildman–Crippen LogP) is 3.00. The van der Waals surface area contributed by atoms with Gasteiger partial charge in [-0.15, -0.1) is 0 Å². The number of nitrogens with zero attached hydrogens (tertiary/aromatic N) is 1. The van der Waals surface area contributed by atoms with Crippen LogP contribution in [0.2, 0.25) is 0 Å². The predicted molar refractivity (Wildman–Crippen MR) is 79.9 cm³/mol. The van der Waals surface area contributed by atoms with E-state index in [1.807, 2.05) is 31.2 Å². The van der Waals surface area contributed by atoms with Crippen LogP contribution in [0.3, 0.4) is 0 Å². The first-order chi connectivity index (χ1) is 9.61. The van der Waals surface area contributed by atoms with Crippen molar-refractivity contribution < 1.29 is 4.39 Å². The molecule has 0 radical (unpaired) electrons. The quantitative estimate of drug-likeness (QED) is 0.880. The minimum Gasteiger partial charge on any atom is -0.383 e. The molecule has 1 heterocycles. The zero-order valence-electron chi connectivity index (χ0n) is 11.9. The normalized spacial score (nSPS) is 12.3. The Bertz CT molecular complexity index is 584. The highest BCUT2D eigenvalue weighted by Crippen LogP contribution is 2.22. The van der Waals surface area contributed by atoms with Gasteiger partial charge in [-0.1, -0.05) is 25.1 Å². The summed E-state index contributed by atoms with van der Waals surface area (Å²) in [7, 11) is 0. The molecule has 1 aromatic heterocycles. The van der Waals surface area contributed by atoms with E-state index in [1.54, 1.807) is 19.2 Å². The van der Waals surface area contributed by atoms with Crippen LogP contribution in [0.15, 0.2) is 36.5 Å². The molecule has 0 fully saturated rings. The number of pyridine rings is 1. The summed E-state index contributed by atoms with van der Waals surface area (Å²) >= 11 is 0. The van der Waals surface area contributed by atoms with Crippen molar-refractivity contribution in [2.24, 2.45) is 0 Å². The van der Waals surface area contributed by atoms with Crippen LogP contribution >= 0.6 is 0 Å². The molecule has 1 atom stereocenters. The maximum absolute atomic E-state index is 13.7. The molecule has 0 amide bonds. The van der Waals surface area contributed by atoms with E-state index in [1.165, 1.54) is 0 Å². The first-order valence-electron chi connectivity index (χ1n) is 6.80. The number of aryl methyl sites for hydroxylation is 1. The minimum atomic E-state index is -0.176. The summed E-state index contributed by atoms with van der Waals surface area (Å²) in [6.07, 6.45) is 2.36. The number of rotatable bonds is 5. The van der Waals surface area contributed by atoms with E-state index in [0.29, 0.717) is 17.8 Å². The second-order valence-electron chi connectivity index (χ2n) is 4.87. The molecule has 0 aliphatic carbocycles. The van der Waals surface area contributed by atoms with Crippen LogP contribution in [-0.2, 0) is 6.42 Å². The molecule has 0 saturated carbocycles. The number of hydrogen-bond acceptors (Lipinski definition) is 3. The first kappa shape index (κ1) is 14.5. The molecule has 106 valence electrons. The summed E-state index contributed by atoms with van der Waals surface area (Å²) in [6, 6.07) is 9.21. The van der Waals surface area contributed by atoms with Crippen LogP contribution in [0.25, 0.3) is 0 Å². The number of nitrogens with one attached hydrogen (secondary N) is 1. The molecular weight excluding hydrogens is 253 g/mol. The van der Waals surface area contributed by atoms with Crippen LogP contribution in [0, 0.1) is 12.7 Å². The third-order valence-corrected chi connectivity index (χ3v) is 3.40. The average Bonchev–Trinajstić information content (AvgIpc) is 2.44. The van der Waals surface area contributed by atoms with Crippen molar-refractivity contribution in [3.8, 4) is 0 Å². The highest BCUT2D eigenvalue weighted by molar-refractivity contribution is 5.40. The van der Waals surface area contributed by atoms with Gasteiger partial charge in [0.2, 0.25) is 0 Å². The maximum Gasteiger partial charge on any atom is 0.126 e. The van der Waals surface area contributed by atoms with Crippen LogP contribution in [-0.4, -0.2) is 11.5 Å². The summed E-state index contributed by atoms with van der Waals surface area (Å²) < 4.78 is 13.7. The zero-order valence-corrected chi connectivity index (χ0v) is 11.9. The van der Waals surface area contributed by atoms with Gasteiger partial charge in [0.15, 0.2) is 0 Å². The Morgan fingerprint density at radius 2 is 2.15 bits per heavy atom. The Labute approximate surface area is 119 Å². The second kappa shape index (κ2) is 6.48. The molecule has 0 aliphatic heterocycles. The van der Waals surface area contributed by atoms with E-state index < -0.39 is 0 Å². The highest BCUT2D eigenvalue weighted by atomic mass is 19.1. The van der Waals surface area contributed by atoms with E-state index >= 15 is 0 Å². The lowest BCUT2D eigenvalue weighted by atomic mass is 9.98. The van der Waals surface area contributed by atoms with Crippen molar-refractivity contribution in [3.63, 3.8) is 0 Å². The molecular formula is C16H20FN3. The van der Waals surface area contributed by atoms with E-state index in [0.717, 1.165) is 17.7 Å². The van der Waals surface area contributed by atoms with Crippen molar-refractivity contribution >= 4 is 5.82 Å². The third-order valence-electron chi connectivity index (χ3n) is 3.40. The molecule has 3 N–H and O–H groups in total. The smallest absolute Gasteiger partial charge is 0.126 e. The number of nitrogens with two attached hydrogens (primary N) is 1. The Morgan fingerprint density at radius 3 is 2.80 bits per heavy atom. The van der Waals surface area contributed by atoms with Gasteiger partial charge in [0.25, 0.3) is 0 Å². The van der Waals surface area contributed by atoms with Gasteiger partial charge < -0.3 is 11.1 Å². The van der Waals surface area contributed by atoms with Gasteiger partial charge in [-0.25, -0.2) is 9.37 Å². The van der Waals surface area contributed by atoms with Gasteiger partial charge in [-0.2, -0.15) is 0 Å². The fourth-order valence-electron chi connectivity index (χ4n) is 2.22. The topological polar surface area (TPSA) is 50.9 Å². The largest absolute Gasteiger partial charge is 0.383 e. The number of hydrogen-bond donors (Lipinski definition) is 2. The molecule has 0 bridgehead atoms. The van der Waals surface area contributed by atoms with Gasteiger partial charge in [-0.3, -0.25) is 0 Å². The molecule has 20 heavy (non-hydrogen) atoms. The summed E-state index contributed by atoms with van der Waals surface area (Å²) in [5.41, 5.74) is 8.44. The lowest BCUT2D eigenvalue weighted by Gasteiger charge is -2.19. The number of halogens is 1. The van der Waals surface area contributed by atoms with Gasteiger partial charge in [0, 0.05) is 12.2 Å². The third kappa shape index (κ3) is 3.33. The SMILES string of the molecule is CCNC(Cc1cccnc1N)c1ccc(C)c(F)c1. The number of aromatic nitrogens is 1. The van der Waals surface area contributed by atoms with Crippen LogP contribution in [0.4, 0.5) is 10.2 Å². The molecule has 1 unspecified atom stereocenters.